The van der Waals surface area contributed by atoms with Crippen LogP contribution in [0.4, 0.5) is 0 Å². The third-order valence-electron chi connectivity index (χ3n) is 6.97. The summed E-state index contributed by atoms with van der Waals surface area (Å²) in [7, 11) is 0. The molecule has 0 aliphatic carbocycles. The summed E-state index contributed by atoms with van der Waals surface area (Å²) in [6.07, 6.45) is 3.28. The molecule has 2 atom stereocenters. The quantitative estimate of drug-likeness (QED) is 0.260. The van der Waals surface area contributed by atoms with Gasteiger partial charge >= 0.3 is 0 Å². The van der Waals surface area contributed by atoms with Gasteiger partial charge in [0.15, 0.2) is 0 Å². The lowest BCUT2D eigenvalue weighted by atomic mass is 9.93. The Bertz CT molecular complexity index is 1590. The monoisotopic (exact) mass is 506 g/mol. The smallest absolute Gasteiger partial charge is 0.217 e. The summed E-state index contributed by atoms with van der Waals surface area (Å²) in [5, 5.41) is 24.5. The molecule has 2 unspecified atom stereocenters. The number of fused-ring (bicyclic) bond motifs is 1. The number of hydrogen-bond donors (Lipinski definition) is 3. The molecule has 1 amide bonds. The van der Waals surface area contributed by atoms with E-state index in [9.17, 15) is 15.0 Å². The van der Waals surface area contributed by atoms with Gasteiger partial charge in [-0.15, -0.1) is 0 Å². The van der Waals surface area contributed by atoms with Gasteiger partial charge in [0.1, 0.15) is 16.9 Å². The number of carbonyl (C=O) groups is 1. The van der Waals surface area contributed by atoms with Crippen molar-refractivity contribution in [3.63, 3.8) is 0 Å². The van der Waals surface area contributed by atoms with Crippen molar-refractivity contribution in [1.82, 2.24) is 10.3 Å². The van der Waals surface area contributed by atoms with Gasteiger partial charge in [0, 0.05) is 24.7 Å². The minimum atomic E-state index is -1.32. The zero-order chi connectivity index (χ0) is 26.9. The van der Waals surface area contributed by atoms with Crippen LogP contribution in [-0.4, -0.2) is 21.1 Å². The number of furan rings is 1. The number of carbonyl (C=O) groups excluding carboxylic acids is 1. The Morgan fingerprint density at radius 1 is 0.974 bits per heavy atom. The number of hydrogen-bond acceptors (Lipinski definition) is 5. The molecular formula is C32H30N2O4. The van der Waals surface area contributed by atoms with Crippen LogP contribution in [0.3, 0.4) is 0 Å². The molecule has 3 aromatic carbocycles. The fourth-order valence-corrected chi connectivity index (χ4v) is 4.87. The van der Waals surface area contributed by atoms with E-state index in [0.717, 1.165) is 38.8 Å². The first kappa shape index (κ1) is 25.4. The van der Waals surface area contributed by atoms with E-state index in [1.807, 2.05) is 73.7 Å². The molecule has 0 radical (unpaired) electrons. The first-order valence-electron chi connectivity index (χ1n) is 12.5. The van der Waals surface area contributed by atoms with E-state index in [2.05, 4.69) is 10.3 Å². The molecule has 192 valence electrons. The highest BCUT2D eigenvalue weighted by Gasteiger charge is 2.30. The number of nitrogens with zero attached hydrogens (tertiary/aromatic N) is 1. The molecule has 6 nitrogen and oxygen atoms in total. The highest BCUT2D eigenvalue weighted by molar-refractivity contribution is 5.80. The Morgan fingerprint density at radius 3 is 2.34 bits per heavy atom. The van der Waals surface area contributed by atoms with Crippen LogP contribution >= 0.6 is 0 Å². The summed E-state index contributed by atoms with van der Waals surface area (Å²) in [4.78, 5) is 16.2. The fraction of sp³-hybridized carbons (Fsp3) is 0.188. The summed E-state index contributed by atoms with van der Waals surface area (Å²) < 4.78 is 6.03. The highest BCUT2D eigenvalue weighted by atomic mass is 16.4. The number of aliphatic hydroxyl groups excluding tert-OH is 1. The molecule has 2 aromatic heterocycles. The van der Waals surface area contributed by atoms with Gasteiger partial charge in [0.05, 0.1) is 12.6 Å². The van der Waals surface area contributed by atoms with Gasteiger partial charge in [-0.3, -0.25) is 9.78 Å². The lowest BCUT2D eigenvalue weighted by molar-refractivity contribution is -0.119. The maximum atomic E-state index is 12.2. The minimum absolute atomic E-state index is 0.0161. The Labute approximate surface area is 221 Å². The first-order chi connectivity index (χ1) is 18.3. The number of nitrogens with one attached hydrogen (secondary N) is 1. The molecule has 0 aliphatic heterocycles. The van der Waals surface area contributed by atoms with Crippen molar-refractivity contribution in [3.8, 4) is 11.1 Å². The van der Waals surface area contributed by atoms with Crippen molar-refractivity contribution in [1.29, 1.82) is 0 Å². The van der Waals surface area contributed by atoms with E-state index in [4.69, 9.17) is 4.42 Å². The van der Waals surface area contributed by atoms with Gasteiger partial charge in [-0.2, -0.15) is 0 Å². The summed E-state index contributed by atoms with van der Waals surface area (Å²) in [6, 6.07) is 24.9. The molecule has 38 heavy (non-hydrogen) atoms. The SMILES string of the molecule is CC(=O)NC(c1ccc(-c2ccc(CO)cc2C)cc1)c1ccc2oc(C(C)(O)c3ccncc3)cc2c1. The molecule has 0 spiro atoms. The number of benzene rings is 3. The lowest BCUT2D eigenvalue weighted by Crippen LogP contribution is -2.26. The molecule has 6 heteroatoms. The molecule has 0 saturated heterocycles. The standard InChI is InChI=1S/C32H30N2O4/c1-20-16-22(19-35)4-10-28(20)23-5-7-24(8-6-23)31(34-21(2)36)25-9-11-29-26(17-25)18-30(38-29)32(3,37)27-12-14-33-15-13-27/h4-18,31,35,37H,19H2,1-3H3,(H,34,36). The number of pyridine rings is 1. The Morgan fingerprint density at radius 2 is 1.68 bits per heavy atom. The van der Waals surface area contributed by atoms with Gasteiger partial charge in [-0.1, -0.05) is 48.5 Å². The number of amides is 1. The summed E-state index contributed by atoms with van der Waals surface area (Å²) in [5.74, 6) is 0.293. The molecule has 5 aromatic rings. The third-order valence-corrected chi connectivity index (χ3v) is 6.97. The second kappa shape index (κ2) is 10.2. The van der Waals surface area contributed by atoms with Crippen LogP contribution in [0.1, 0.15) is 53.5 Å². The molecule has 3 N–H and O–H groups in total. The van der Waals surface area contributed by atoms with E-state index < -0.39 is 5.60 Å². The molecular weight excluding hydrogens is 476 g/mol. The van der Waals surface area contributed by atoms with Crippen LogP contribution in [0.2, 0.25) is 0 Å². The van der Waals surface area contributed by atoms with Gasteiger partial charge in [-0.25, -0.2) is 0 Å². The average molecular weight is 507 g/mol. The van der Waals surface area contributed by atoms with Gasteiger partial charge in [0.25, 0.3) is 0 Å². The normalized spacial score (nSPS) is 13.7. The van der Waals surface area contributed by atoms with Crippen molar-refractivity contribution < 1.29 is 19.4 Å². The van der Waals surface area contributed by atoms with Crippen LogP contribution in [-0.2, 0) is 17.0 Å². The zero-order valence-electron chi connectivity index (χ0n) is 21.6. The second-order valence-corrected chi connectivity index (χ2v) is 9.78. The van der Waals surface area contributed by atoms with Crippen molar-refractivity contribution in [3.05, 3.63) is 125 Å². The van der Waals surface area contributed by atoms with E-state index in [1.54, 1.807) is 31.5 Å². The maximum Gasteiger partial charge on any atom is 0.217 e. The van der Waals surface area contributed by atoms with Crippen molar-refractivity contribution in [2.75, 3.05) is 0 Å². The summed E-state index contributed by atoms with van der Waals surface area (Å²) in [5.41, 5.74) is 5.99. The topological polar surface area (TPSA) is 95.6 Å². The Kier molecular flexibility index (Phi) is 6.85. The first-order valence-corrected chi connectivity index (χ1v) is 12.5. The number of aryl methyl sites for hydroxylation is 1. The largest absolute Gasteiger partial charge is 0.458 e. The van der Waals surface area contributed by atoms with E-state index in [-0.39, 0.29) is 18.6 Å². The molecule has 0 aliphatic rings. The molecule has 5 rings (SSSR count). The van der Waals surface area contributed by atoms with E-state index >= 15 is 0 Å². The average Bonchev–Trinajstić information content (AvgIpc) is 3.37. The fourth-order valence-electron chi connectivity index (χ4n) is 4.87. The van der Waals surface area contributed by atoms with Crippen molar-refractivity contribution in [2.24, 2.45) is 0 Å². The summed E-state index contributed by atoms with van der Waals surface area (Å²) >= 11 is 0. The van der Waals surface area contributed by atoms with Crippen LogP contribution < -0.4 is 5.32 Å². The molecule has 2 heterocycles. The van der Waals surface area contributed by atoms with E-state index in [0.29, 0.717) is 16.9 Å². The minimum Gasteiger partial charge on any atom is -0.458 e. The second-order valence-electron chi connectivity index (χ2n) is 9.78. The molecule has 0 bridgehead atoms. The predicted octanol–water partition coefficient (Wildman–Crippen LogP) is 5.78. The maximum absolute atomic E-state index is 12.2. The van der Waals surface area contributed by atoms with Crippen LogP contribution in [0.25, 0.3) is 22.1 Å². The van der Waals surface area contributed by atoms with Gasteiger partial charge in [-0.05, 0) is 83.1 Å². The summed E-state index contributed by atoms with van der Waals surface area (Å²) in [6.45, 7) is 5.25. The Hall–Kier alpha value is -4.26. The Balaban J connectivity index is 1.49. The third kappa shape index (κ3) is 4.96. The van der Waals surface area contributed by atoms with Crippen LogP contribution in [0.5, 0.6) is 0 Å². The van der Waals surface area contributed by atoms with Crippen molar-refractivity contribution in [2.45, 2.75) is 39.0 Å². The lowest BCUT2D eigenvalue weighted by Gasteiger charge is -2.20. The predicted molar refractivity (Wildman–Crippen MR) is 147 cm³/mol. The number of aliphatic hydroxyl groups is 2. The van der Waals surface area contributed by atoms with Crippen molar-refractivity contribution >= 4 is 16.9 Å². The van der Waals surface area contributed by atoms with Crippen LogP contribution in [0.15, 0.2) is 95.7 Å². The molecule has 0 fully saturated rings. The van der Waals surface area contributed by atoms with Gasteiger partial charge < -0.3 is 19.9 Å². The highest BCUT2D eigenvalue weighted by Crippen LogP contribution is 2.35. The number of rotatable bonds is 7. The van der Waals surface area contributed by atoms with E-state index in [1.165, 1.54) is 6.92 Å². The number of aromatic nitrogens is 1. The zero-order valence-corrected chi connectivity index (χ0v) is 21.6. The van der Waals surface area contributed by atoms with Gasteiger partial charge in [0.2, 0.25) is 5.91 Å². The van der Waals surface area contributed by atoms with Crippen LogP contribution in [0, 0.1) is 6.92 Å². The molecule has 0 saturated carbocycles.